The summed E-state index contributed by atoms with van der Waals surface area (Å²) in [5.74, 6) is 1.49. The van der Waals surface area contributed by atoms with E-state index < -0.39 is 0 Å². The molecule has 1 heterocycles. The second-order valence-electron chi connectivity index (χ2n) is 4.72. The Morgan fingerprint density at radius 3 is 2.57 bits per heavy atom. The number of hydrogen-bond acceptors (Lipinski definition) is 3. The van der Waals surface area contributed by atoms with Crippen LogP contribution in [0.15, 0.2) is 51.4 Å². The van der Waals surface area contributed by atoms with Crippen LogP contribution in [0.4, 0.5) is 5.69 Å². The second-order valence-corrected chi connectivity index (χ2v) is 6.49. The van der Waals surface area contributed by atoms with E-state index in [-0.39, 0.29) is 0 Å². The van der Waals surface area contributed by atoms with E-state index >= 15 is 0 Å². The molecule has 0 fully saturated rings. The van der Waals surface area contributed by atoms with Crippen LogP contribution in [-0.4, -0.2) is 4.98 Å². The average Bonchev–Trinajstić information content (AvgIpc) is 2.42. The Labute approximate surface area is 139 Å². The van der Waals surface area contributed by atoms with E-state index in [4.69, 9.17) is 10.5 Å². The summed E-state index contributed by atoms with van der Waals surface area (Å²) in [6.45, 7) is 1.94. The van der Waals surface area contributed by atoms with Gasteiger partial charge in [-0.3, -0.25) is 4.98 Å². The van der Waals surface area contributed by atoms with Crippen molar-refractivity contribution in [3.8, 4) is 11.5 Å². The van der Waals surface area contributed by atoms with Crippen LogP contribution in [-0.2, 0) is 0 Å². The molecule has 0 amide bonds. The highest BCUT2D eigenvalue weighted by Gasteiger charge is 2.09. The minimum atomic E-state index is 0.688. The van der Waals surface area contributed by atoms with Crippen LogP contribution in [0, 0.1) is 6.92 Å². The summed E-state index contributed by atoms with van der Waals surface area (Å²) < 4.78 is 7.92. The zero-order valence-corrected chi connectivity index (χ0v) is 14.4. The van der Waals surface area contributed by atoms with Crippen molar-refractivity contribution in [2.75, 3.05) is 5.73 Å². The highest BCUT2D eigenvalue weighted by Crippen LogP contribution is 2.35. The summed E-state index contributed by atoms with van der Waals surface area (Å²) in [4.78, 5) is 4.50. The maximum absolute atomic E-state index is 6.05. The number of anilines is 1. The maximum Gasteiger partial charge on any atom is 0.141 e. The maximum atomic E-state index is 6.05. The first-order valence-electron chi connectivity index (χ1n) is 6.33. The molecule has 3 aromatic rings. The second kappa shape index (κ2) is 5.66. The third kappa shape index (κ3) is 3.04. The highest BCUT2D eigenvalue weighted by molar-refractivity contribution is 9.11. The number of fused-ring (bicyclic) bond motifs is 1. The first-order valence-corrected chi connectivity index (χ1v) is 7.91. The van der Waals surface area contributed by atoms with Gasteiger partial charge in [0, 0.05) is 27.3 Å². The monoisotopic (exact) mass is 406 g/mol. The Bertz CT molecular complexity index is 834. The van der Waals surface area contributed by atoms with E-state index in [0.717, 1.165) is 37.0 Å². The Morgan fingerprint density at radius 1 is 1.00 bits per heavy atom. The standard InChI is InChI=1S/C16H12Br2N2O/c1-9-6-16(12-8-11(19)3-4-14(12)20-9)21-15-5-2-10(17)7-13(15)18/h2-8H,19H2,1H3. The zero-order valence-electron chi connectivity index (χ0n) is 11.2. The van der Waals surface area contributed by atoms with E-state index in [9.17, 15) is 0 Å². The van der Waals surface area contributed by atoms with E-state index in [0.29, 0.717) is 5.69 Å². The van der Waals surface area contributed by atoms with Gasteiger partial charge in [0.15, 0.2) is 0 Å². The number of nitrogens with zero attached hydrogens (tertiary/aromatic N) is 1. The first kappa shape index (κ1) is 14.4. The van der Waals surface area contributed by atoms with Crippen molar-refractivity contribution in [3.63, 3.8) is 0 Å². The number of aryl methyl sites for hydroxylation is 1. The molecule has 3 rings (SSSR count). The van der Waals surface area contributed by atoms with Crippen LogP contribution < -0.4 is 10.5 Å². The van der Waals surface area contributed by atoms with Gasteiger partial charge in [-0.25, -0.2) is 0 Å². The zero-order chi connectivity index (χ0) is 15.0. The molecule has 0 saturated carbocycles. The van der Waals surface area contributed by atoms with Crippen molar-refractivity contribution in [1.82, 2.24) is 4.98 Å². The summed E-state index contributed by atoms with van der Waals surface area (Å²) in [6.07, 6.45) is 0. The van der Waals surface area contributed by atoms with Crippen molar-refractivity contribution >= 4 is 48.5 Å². The minimum absolute atomic E-state index is 0.688. The van der Waals surface area contributed by atoms with E-state index in [1.807, 2.05) is 49.4 Å². The smallest absolute Gasteiger partial charge is 0.141 e. The average molecular weight is 408 g/mol. The van der Waals surface area contributed by atoms with Crippen LogP contribution in [0.2, 0.25) is 0 Å². The fraction of sp³-hybridized carbons (Fsp3) is 0.0625. The van der Waals surface area contributed by atoms with E-state index in [2.05, 4.69) is 36.8 Å². The molecule has 0 saturated heterocycles. The number of benzene rings is 2. The molecule has 0 aliphatic heterocycles. The summed E-state index contributed by atoms with van der Waals surface area (Å²) in [5.41, 5.74) is 8.33. The van der Waals surface area contributed by atoms with Gasteiger partial charge in [-0.05, 0) is 59.3 Å². The normalized spacial score (nSPS) is 10.8. The summed E-state index contributed by atoms with van der Waals surface area (Å²) in [7, 11) is 0. The van der Waals surface area contributed by atoms with Crippen molar-refractivity contribution in [2.45, 2.75) is 6.92 Å². The molecule has 106 valence electrons. The Morgan fingerprint density at radius 2 is 1.81 bits per heavy atom. The quantitative estimate of drug-likeness (QED) is 0.575. The molecule has 2 aromatic carbocycles. The van der Waals surface area contributed by atoms with Crippen molar-refractivity contribution in [3.05, 3.63) is 57.1 Å². The van der Waals surface area contributed by atoms with Crippen LogP contribution in [0.1, 0.15) is 5.69 Å². The topological polar surface area (TPSA) is 48.1 Å². The number of ether oxygens (including phenoxy) is 1. The van der Waals surface area contributed by atoms with Crippen LogP contribution >= 0.6 is 31.9 Å². The van der Waals surface area contributed by atoms with Gasteiger partial charge in [-0.1, -0.05) is 15.9 Å². The van der Waals surface area contributed by atoms with Gasteiger partial charge in [-0.2, -0.15) is 0 Å². The summed E-state index contributed by atoms with van der Waals surface area (Å²) in [5, 5.41) is 0.899. The lowest BCUT2D eigenvalue weighted by molar-refractivity contribution is 0.484. The van der Waals surface area contributed by atoms with Gasteiger partial charge in [0.2, 0.25) is 0 Å². The number of hydrogen-bond donors (Lipinski definition) is 1. The Kier molecular flexibility index (Phi) is 3.87. The largest absolute Gasteiger partial charge is 0.455 e. The Balaban J connectivity index is 2.13. The predicted octanol–water partition coefficient (Wildman–Crippen LogP) is 5.44. The first-order chi connectivity index (χ1) is 10.0. The molecule has 0 spiro atoms. The molecular weight excluding hydrogens is 396 g/mol. The fourth-order valence-electron chi connectivity index (χ4n) is 2.10. The van der Waals surface area contributed by atoms with Crippen LogP contribution in [0.3, 0.4) is 0 Å². The van der Waals surface area contributed by atoms with Gasteiger partial charge in [-0.15, -0.1) is 0 Å². The van der Waals surface area contributed by atoms with Crippen LogP contribution in [0.5, 0.6) is 11.5 Å². The molecule has 0 aliphatic rings. The number of nitrogen functional groups attached to an aromatic ring is 1. The molecule has 0 radical (unpaired) electrons. The predicted molar refractivity (Wildman–Crippen MR) is 92.8 cm³/mol. The number of nitrogens with two attached hydrogens (primary N) is 1. The van der Waals surface area contributed by atoms with Gasteiger partial charge >= 0.3 is 0 Å². The third-order valence-corrected chi connectivity index (χ3v) is 4.15. The summed E-state index contributed by atoms with van der Waals surface area (Å²) >= 11 is 6.94. The molecule has 1 aromatic heterocycles. The lowest BCUT2D eigenvalue weighted by Gasteiger charge is -2.12. The van der Waals surface area contributed by atoms with Crippen molar-refractivity contribution < 1.29 is 4.74 Å². The lowest BCUT2D eigenvalue weighted by atomic mass is 10.1. The minimum Gasteiger partial charge on any atom is -0.455 e. The molecule has 0 unspecified atom stereocenters. The summed E-state index contributed by atoms with van der Waals surface area (Å²) in [6, 6.07) is 13.3. The molecule has 0 atom stereocenters. The van der Waals surface area contributed by atoms with Gasteiger partial charge in [0.25, 0.3) is 0 Å². The molecule has 2 N–H and O–H groups in total. The third-order valence-electron chi connectivity index (χ3n) is 3.04. The number of aromatic nitrogens is 1. The molecule has 21 heavy (non-hydrogen) atoms. The molecule has 0 aliphatic carbocycles. The van der Waals surface area contributed by atoms with E-state index in [1.54, 1.807) is 0 Å². The molecule has 5 heteroatoms. The Hall–Kier alpha value is -1.59. The number of halogens is 2. The SMILES string of the molecule is Cc1cc(Oc2ccc(Br)cc2Br)c2cc(N)ccc2n1. The van der Waals surface area contributed by atoms with Gasteiger partial charge in [0.1, 0.15) is 11.5 Å². The molecular formula is C16H12Br2N2O. The number of rotatable bonds is 2. The molecule has 0 bridgehead atoms. The highest BCUT2D eigenvalue weighted by atomic mass is 79.9. The van der Waals surface area contributed by atoms with Gasteiger partial charge < -0.3 is 10.5 Å². The molecule has 3 nitrogen and oxygen atoms in total. The van der Waals surface area contributed by atoms with E-state index in [1.165, 1.54) is 0 Å². The lowest BCUT2D eigenvalue weighted by Crippen LogP contribution is -1.93. The number of pyridine rings is 1. The van der Waals surface area contributed by atoms with Crippen LogP contribution in [0.25, 0.3) is 10.9 Å². The fourth-order valence-corrected chi connectivity index (χ4v) is 3.23. The van der Waals surface area contributed by atoms with Crippen molar-refractivity contribution in [1.29, 1.82) is 0 Å². The van der Waals surface area contributed by atoms with Gasteiger partial charge in [0.05, 0.1) is 9.99 Å². The van der Waals surface area contributed by atoms with Crippen molar-refractivity contribution in [2.24, 2.45) is 0 Å².